The summed E-state index contributed by atoms with van der Waals surface area (Å²) >= 11 is 0. The van der Waals surface area contributed by atoms with E-state index in [1.54, 1.807) is 0 Å². The molecule has 0 amide bonds. The number of fused-ring (bicyclic) bond motifs is 1. The number of rotatable bonds is 2. The SMILES string of the molecule is Cc1cc2c(c(=O)o1)C=C[C@@]1(CC[C@@H](C)C1)N2Cc1ccccc1. The third-order valence-corrected chi connectivity index (χ3v) is 5.43. The summed E-state index contributed by atoms with van der Waals surface area (Å²) in [7, 11) is 0. The van der Waals surface area contributed by atoms with Crippen LogP contribution < -0.4 is 10.5 Å². The van der Waals surface area contributed by atoms with Gasteiger partial charge in [0.1, 0.15) is 5.76 Å². The van der Waals surface area contributed by atoms with Gasteiger partial charge in [0, 0.05) is 12.6 Å². The first-order chi connectivity index (χ1) is 11.6. The van der Waals surface area contributed by atoms with Gasteiger partial charge >= 0.3 is 5.63 Å². The van der Waals surface area contributed by atoms with Gasteiger partial charge in [-0.05, 0) is 43.7 Å². The third kappa shape index (κ3) is 2.48. The first-order valence-electron chi connectivity index (χ1n) is 8.73. The van der Waals surface area contributed by atoms with E-state index in [-0.39, 0.29) is 11.2 Å². The molecule has 0 radical (unpaired) electrons. The molecular weight excluding hydrogens is 298 g/mol. The Labute approximate surface area is 142 Å². The van der Waals surface area contributed by atoms with E-state index in [0.717, 1.165) is 25.1 Å². The van der Waals surface area contributed by atoms with Gasteiger partial charge in [-0.3, -0.25) is 0 Å². The van der Waals surface area contributed by atoms with Gasteiger partial charge in [-0.15, -0.1) is 0 Å². The van der Waals surface area contributed by atoms with Crippen molar-refractivity contribution in [3.8, 4) is 0 Å². The lowest BCUT2D eigenvalue weighted by Crippen LogP contribution is -2.47. The maximum Gasteiger partial charge on any atom is 0.345 e. The highest BCUT2D eigenvalue weighted by molar-refractivity contribution is 5.73. The molecule has 2 heterocycles. The first kappa shape index (κ1) is 15.3. The molecule has 0 saturated heterocycles. The van der Waals surface area contributed by atoms with Crippen LogP contribution in [0.3, 0.4) is 0 Å². The Morgan fingerprint density at radius 2 is 2.08 bits per heavy atom. The van der Waals surface area contributed by atoms with E-state index in [9.17, 15) is 4.79 Å². The van der Waals surface area contributed by atoms with Crippen LogP contribution in [0.15, 0.2) is 51.7 Å². The second-order valence-electron chi connectivity index (χ2n) is 7.30. The molecule has 1 aromatic heterocycles. The van der Waals surface area contributed by atoms with Gasteiger partial charge in [0.2, 0.25) is 0 Å². The standard InChI is InChI=1S/C21H23NO2/c1-15-8-10-21(13-15)11-9-18-19(12-16(2)24-20(18)23)22(21)14-17-6-4-3-5-7-17/h3-7,9,11-12,15H,8,10,13-14H2,1-2H3/t15-,21-/m1/s1. The number of hydrogen-bond donors (Lipinski definition) is 0. The van der Waals surface area contributed by atoms with Crippen molar-refractivity contribution in [3.05, 3.63) is 69.8 Å². The van der Waals surface area contributed by atoms with Crippen molar-refractivity contribution in [2.24, 2.45) is 5.92 Å². The fraction of sp³-hybridized carbons (Fsp3) is 0.381. The summed E-state index contributed by atoms with van der Waals surface area (Å²) in [6.45, 7) is 4.99. The quantitative estimate of drug-likeness (QED) is 0.814. The van der Waals surface area contributed by atoms with Crippen LogP contribution in [0.25, 0.3) is 6.08 Å². The van der Waals surface area contributed by atoms with Crippen LogP contribution in [0.2, 0.25) is 0 Å². The molecular formula is C21H23NO2. The van der Waals surface area contributed by atoms with Crippen LogP contribution in [0.4, 0.5) is 5.69 Å². The molecule has 1 aliphatic carbocycles. The Hall–Kier alpha value is -2.29. The van der Waals surface area contributed by atoms with Gasteiger partial charge in [0.15, 0.2) is 0 Å². The molecule has 4 rings (SSSR count). The number of aryl methyl sites for hydroxylation is 1. The third-order valence-electron chi connectivity index (χ3n) is 5.43. The molecule has 24 heavy (non-hydrogen) atoms. The number of nitrogens with zero attached hydrogens (tertiary/aromatic N) is 1. The van der Waals surface area contributed by atoms with Crippen LogP contribution >= 0.6 is 0 Å². The lowest BCUT2D eigenvalue weighted by Gasteiger charge is -2.44. The van der Waals surface area contributed by atoms with Gasteiger partial charge in [0.25, 0.3) is 0 Å². The second-order valence-corrected chi connectivity index (χ2v) is 7.30. The van der Waals surface area contributed by atoms with Crippen molar-refractivity contribution in [2.75, 3.05) is 4.90 Å². The van der Waals surface area contributed by atoms with E-state index in [2.05, 4.69) is 42.2 Å². The van der Waals surface area contributed by atoms with E-state index in [1.807, 2.05) is 25.1 Å². The minimum absolute atomic E-state index is 0.0164. The molecule has 2 atom stereocenters. The molecule has 0 unspecified atom stereocenters. The highest BCUT2D eigenvalue weighted by Gasteiger charge is 2.43. The topological polar surface area (TPSA) is 33.5 Å². The smallest absolute Gasteiger partial charge is 0.345 e. The molecule has 3 heteroatoms. The summed E-state index contributed by atoms with van der Waals surface area (Å²) < 4.78 is 5.31. The first-order valence-corrected chi connectivity index (χ1v) is 8.73. The minimum Gasteiger partial charge on any atom is -0.428 e. The van der Waals surface area contributed by atoms with Gasteiger partial charge in [0.05, 0.1) is 16.8 Å². The molecule has 0 bridgehead atoms. The Morgan fingerprint density at radius 3 is 2.79 bits per heavy atom. The van der Waals surface area contributed by atoms with Crippen LogP contribution in [0, 0.1) is 12.8 Å². The zero-order chi connectivity index (χ0) is 16.7. The summed E-state index contributed by atoms with van der Waals surface area (Å²) in [6, 6.07) is 12.5. The minimum atomic E-state index is -0.236. The zero-order valence-electron chi connectivity index (χ0n) is 14.3. The van der Waals surface area contributed by atoms with Crippen LogP contribution in [-0.2, 0) is 6.54 Å². The molecule has 1 aliphatic heterocycles. The molecule has 1 spiro atoms. The Morgan fingerprint density at radius 1 is 1.29 bits per heavy atom. The van der Waals surface area contributed by atoms with Crippen molar-refractivity contribution in [3.63, 3.8) is 0 Å². The number of benzene rings is 1. The van der Waals surface area contributed by atoms with Crippen LogP contribution in [0.1, 0.15) is 43.1 Å². The molecule has 2 aromatic rings. The largest absolute Gasteiger partial charge is 0.428 e. The summed E-state index contributed by atoms with van der Waals surface area (Å²) in [4.78, 5) is 14.7. The lowest BCUT2D eigenvalue weighted by atomic mass is 9.87. The van der Waals surface area contributed by atoms with Crippen molar-refractivity contribution in [1.29, 1.82) is 0 Å². The molecule has 1 saturated carbocycles. The Balaban J connectivity index is 1.84. The fourth-order valence-corrected chi connectivity index (χ4v) is 4.26. The van der Waals surface area contributed by atoms with E-state index in [4.69, 9.17) is 4.42 Å². The van der Waals surface area contributed by atoms with Gasteiger partial charge in [-0.2, -0.15) is 0 Å². The highest BCUT2D eigenvalue weighted by Crippen LogP contribution is 2.46. The predicted octanol–water partition coefficient (Wildman–Crippen LogP) is 4.54. The average molecular weight is 321 g/mol. The summed E-state index contributed by atoms with van der Waals surface area (Å²) in [5.74, 6) is 1.38. The fourth-order valence-electron chi connectivity index (χ4n) is 4.26. The van der Waals surface area contributed by atoms with Crippen molar-refractivity contribution in [2.45, 2.75) is 45.2 Å². The average Bonchev–Trinajstić information content (AvgIpc) is 2.93. The van der Waals surface area contributed by atoms with Crippen LogP contribution in [0.5, 0.6) is 0 Å². The predicted molar refractivity (Wildman–Crippen MR) is 97.1 cm³/mol. The van der Waals surface area contributed by atoms with Crippen molar-refractivity contribution < 1.29 is 4.42 Å². The highest BCUT2D eigenvalue weighted by atomic mass is 16.4. The summed E-state index contributed by atoms with van der Waals surface area (Å²) in [5, 5.41) is 0. The summed E-state index contributed by atoms with van der Waals surface area (Å²) in [5.41, 5.74) is 2.75. The Kier molecular flexibility index (Phi) is 3.60. The maximum atomic E-state index is 12.3. The van der Waals surface area contributed by atoms with Crippen molar-refractivity contribution >= 4 is 11.8 Å². The molecule has 1 aromatic carbocycles. The van der Waals surface area contributed by atoms with Crippen molar-refractivity contribution in [1.82, 2.24) is 0 Å². The monoisotopic (exact) mass is 321 g/mol. The molecule has 3 nitrogen and oxygen atoms in total. The molecule has 124 valence electrons. The van der Waals surface area contributed by atoms with Gasteiger partial charge in [-0.1, -0.05) is 43.3 Å². The molecule has 0 N–H and O–H groups in total. The number of anilines is 1. The van der Waals surface area contributed by atoms with E-state index in [1.165, 1.54) is 12.0 Å². The van der Waals surface area contributed by atoms with Gasteiger partial charge in [-0.25, -0.2) is 4.79 Å². The lowest BCUT2D eigenvalue weighted by molar-refractivity contribution is 0.445. The van der Waals surface area contributed by atoms with E-state index >= 15 is 0 Å². The molecule has 1 fully saturated rings. The normalized spacial score (nSPS) is 25.2. The Bertz CT molecular complexity index is 837. The van der Waals surface area contributed by atoms with E-state index in [0.29, 0.717) is 17.2 Å². The number of hydrogen-bond acceptors (Lipinski definition) is 3. The van der Waals surface area contributed by atoms with E-state index < -0.39 is 0 Å². The summed E-state index contributed by atoms with van der Waals surface area (Å²) in [6.07, 6.45) is 7.73. The second kappa shape index (κ2) is 5.66. The van der Waals surface area contributed by atoms with Gasteiger partial charge < -0.3 is 9.32 Å². The maximum absolute atomic E-state index is 12.3. The molecule has 2 aliphatic rings. The van der Waals surface area contributed by atoms with Crippen LogP contribution in [-0.4, -0.2) is 5.54 Å². The zero-order valence-corrected chi connectivity index (χ0v) is 14.3.